The van der Waals surface area contributed by atoms with Gasteiger partial charge in [0.05, 0.1) is 0 Å². The number of rotatable bonds is 8. The van der Waals surface area contributed by atoms with Crippen LogP contribution in [0.5, 0.6) is 0 Å². The molecular formula is C63H108Cl4Zr2. The van der Waals surface area contributed by atoms with E-state index < -0.39 is 41.7 Å². The van der Waals surface area contributed by atoms with Crippen molar-refractivity contribution >= 4 is 34.1 Å². The van der Waals surface area contributed by atoms with E-state index in [1.54, 1.807) is 5.57 Å². The first-order chi connectivity index (χ1) is 30.4. The molecule has 0 bridgehead atoms. The Balaban J connectivity index is -0.000000831. The van der Waals surface area contributed by atoms with Crippen LogP contribution < -0.4 is 0 Å². The van der Waals surface area contributed by atoms with Crippen LogP contribution in [0, 0.1) is 117 Å². The maximum absolute atomic E-state index is 4.93. The number of fused-ring (bicyclic) bond motifs is 6. The summed E-state index contributed by atoms with van der Waals surface area (Å²) in [6.45, 7) is 28.0. The van der Waals surface area contributed by atoms with Crippen molar-refractivity contribution < 1.29 is 41.7 Å². The number of halogens is 4. The fourth-order valence-electron chi connectivity index (χ4n) is 12.0. The molecule has 4 saturated carbocycles. The fourth-order valence-corrected chi connectivity index (χ4v) is 12.0. The van der Waals surface area contributed by atoms with Gasteiger partial charge in [0.1, 0.15) is 0 Å². The molecule has 8 rings (SSSR count). The molecule has 8 aliphatic carbocycles. The third-order valence-electron chi connectivity index (χ3n) is 16.4. The summed E-state index contributed by atoms with van der Waals surface area (Å²) in [5.41, 5.74) is 5.19. The molecule has 0 aromatic carbocycles. The molecule has 0 spiro atoms. The molecule has 0 heterocycles. The van der Waals surface area contributed by atoms with Crippen LogP contribution in [0.2, 0.25) is 0 Å². The van der Waals surface area contributed by atoms with Gasteiger partial charge in [-0.05, 0) is 131 Å². The number of allylic oxidation sites excluding steroid dienone is 16. The van der Waals surface area contributed by atoms with Crippen molar-refractivity contribution in [2.45, 2.75) is 187 Å². The van der Waals surface area contributed by atoms with E-state index in [0.29, 0.717) is 0 Å². The average Bonchev–Trinajstić information content (AvgIpc) is 4.05. The van der Waals surface area contributed by atoms with Crippen molar-refractivity contribution in [3.8, 4) is 0 Å². The molecule has 0 amide bonds. The topological polar surface area (TPSA) is 0 Å². The summed E-state index contributed by atoms with van der Waals surface area (Å²) in [7, 11) is 19.7. The SMILES string of the molecule is C.CC(C)(C)C1=CC2CC3C=C(C(C)(C)C)C=CC3C2C=C1.CC1CC(C)C(C)C1C.CCCCC1CCCC1.CCCCCCC1=CC2CC3C=CC=CC3C2C=C1.[CH3-].[CH3-].[CH3-].[CH3-].[Cl][Zr+2][Cl].[Cl][Zr+2][Cl]. The molecular weight excluding hydrogens is 1080 g/mol. The monoisotopic (exact) mass is 1180 g/mol. The van der Waals surface area contributed by atoms with Gasteiger partial charge in [-0.1, -0.05) is 239 Å². The van der Waals surface area contributed by atoms with Crippen LogP contribution >= 0.6 is 34.1 Å². The number of hydrogen-bond donors (Lipinski definition) is 0. The normalized spacial score (nSPS) is 30.2. The second kappa shape index (κ2) is 38.4. The summed E-state index contributed by atoms with van der Waals surface area (Å²) < 4.78 is 0. The van der Waals surface area contributed by atoms with Crippen LogP contribution in [0.1, 0.15) is 187 Å². The molecule has 0 saturated heterocycles. The van der Waals surface area contributed by atoms with Crippen molar-refractivity contribution in [3.63, 3.8) is 0 Å². The van der Waals surface area contributed by atoms with Gasteiger partial charge in [-0.2, -0.15) is 0 Å². The molecule has 0 radical (unpaired) electrons. The zero-order chi connectivity index (χ0) is 47.5. The van der Waals surface area contributed by atoms with Crippen LogP contribution in [-0.2, 0) is 41.7 Å². The van der Waals surface area contributed by atoms with Crippen molar-refractivity contribution in [3.05, 3.63) is 125 Å². The van der Waals surface area contributed by atoms with E-state index in [9.17, 15) is 0 Å². The third kappa shape index (κ3) is 24.6. The summed E-state index contributed by atoms with van der Waals surface area (Å²) >= 11 is -1.65. The van der Waals surface area contributed by atoms with Crippen molar-refractivity contribution in [1.29, 1.82) is 0 Å². The Morgan fingerprint density at radius 1 is 0.507 bits per heavy atom. The predicted molar refractivity (Wildman–Crippen MR) is 313 cm³/mol. The summed E-state index contributed by atoms with van der Waals surface area (Å²) in [5, 5.41) is 0. The molecule has 0 aromatic heterocycles. The number of hydrogen-bond acceptors (Lipinski definition) is 0. The van der Waals surface area contributed by atoms with Crippen molar-refractivity contribution in [2.75, 3.05) is 0 Å². The first kappa shape index (κ1) is 74.1. The van der Waals surface area contributed by atoms with E-state index in [2.05, 4.69) is 162 Å². The Kier molecular flexibility index (Phi) is 41.2. The minimum atomic E-state index is -0.826. The molecule has 6 heteroatoms. The van der Waals surface area contributed by atoms with Gasteiger partial charge in [0, 0.05) is 0 Å². The van der Waals surface area contributed by atoms with Crippen LogP contribution in [0.25, 0.3) is 0 Å². The summed E-state index contributed by atoms with van der Waals surface area (Å²) in [5.74, 6) is 11.0. The van der Waals surface area contributed by atoms with Gasteiger partial charge < -0.3 is 29.7 Å². The Hall–Kier alpha value is 0.846. The molecule has 4 fully saturated rings. The van der Waals surface area contributed by atoms with E-state index in [1.807, 2.05) is 0 Å². The zero-order valence-electron chi connectivity index (χ0n) is 46.6. The van der Waals surface area contributed by atoms with Crippen molar-refractivity contribution in [2.24, 2.45) is 87.8 Å². The van der Waals surface area contributed by atoms with E-state index >= 15 is 0 Å². The fraction of sp³-hybridized carbons (Fsp3) is 0.683. The molecule has 8 aliphatic rings. The Bertz CT molecular complexity index is 1520. The molecule has 0 N–H and O–H groups in total. The van der Waals surface area contributed by atoms with Gasteiger partial charge in [-0.25, -0.2) is 0 Å². The summed E-state index contributed by atoms with van der Waals surface area (Å²) in [4.78, 5) is 0. The van der Waals surface area contributed by atoms with Crippen LogP contribution in [-0.4, -0.2) is 0 Å². The van der Waals surface area contributed by atoms with E-state index in [4.69, 9.17) is 34.1 Å². The molecule has 0 aromatic rings. The number of unbranched alkanes of at least 4 members (excludes halogenated alkanes) is 4. The van der Waals surface area contributed by atoms with Crippen LogP contribution in [0.3, 0.4) is 0 Å². The first-order valence-corrected chi connectivity index (χ1v) is 38.6. The van der Waals surface area contributed by atoms with Gasteiger partial charge in [-0.15, -0.1) is 0 Å². The molecule has 69 heavy (non-hydrogen) atoms. The zero-order valence-corrected chi connectivity index (χ0v) is 54.6. The molecule has 396 valence electrons. The van der Waals surface area contributed by atoms with Gasteiger partial charge in [0.25, 0.3) is 0 Å². The van der Waals surface area contributed by atoms with E-state index in [-0.39, 0.29) is 48.0 Å². The molecule has 12 atom stereocenters. The Morgan fingerprint density at radius 2 is 0.913 bits per heavy atom. The summed E-state index contributed by atoms with van der Waals surface area (Å²) in [6.07, 6.45) is 53.1. The Labute approximate surface area is 471 Å². The molecule has 12 unspecified atom stereocenters. The molecule has 0 aliphatic heterocycles. The van der Waals surface area contributed by atoms with Crippen LogP contribution in [0.15, 0.2) is 95.7 Å². The van der Waals surface area contributed by atoms with Gasteiger partial charge in [0.15, 0.2) is 0 Å². The van der Waals surface area contributed by atoms with Gasteiger partial charge in [0.2, 0.25) is 0 Å². The standard InChI is InChI=1S/C21H30.C19H26.2C9H18.CH4.4CH3.4ClH.2Zr/c1-20(2,3)16-7-9-18-14(12-16)11-15-13-17(21(4,5)6)8-10-19(15)18;1-2-3-4-5-8-15-11-12-19-17(13-15)14-16-9-6-7-10-18(16)19;1-6-5-7(2)9(4)8(6)3;1-2-3-6-9-7-4-5-8-9;;;;;;;;;;;/h7-10,12-15,18-19H,11H2,1-6H3;6-7,9-13,16-19H,2-5,8,14H2,1H3;6-9H,5H2,1-4H3;9H,2-8H2,1H3;1H4;4*1H3;4*1H;;/q;;;;;4*-1;;;;;2*+4/p-4. The maximum atomic E-state index is 4.93. The van der Waals surface area contributed by atoms with Gasteiger partial charge in [-0.3, -0.25) is 0 Å². The van der Waals surface area contributed by atoms with E-state index in [0.717, 1.165) is 76.9 Å². The third-order valence-corrected chi connectivity index (χ3v) is 16.4. The van der Waals surface area contributed by atoms with Crippen LogP contribution in [0.4, 0.5) is 0 Å². The van der Waals surface area contributed by atoms with Crippen molar-refractivity contribution in [1.82, 2.24) is 0 Å². The average molecular weight is 1190 g/mol. The second-order valence-electron chi connectivity index (χ2n) is 22.9. The summed E-state index contributed by atoms with van der Waals surface area (Å²) in [6, 6.07) is 0. The minimum absolute atomic E-state index is 0. The first-order valence-electron chi connectivity index (χ1n) is 25.9. The quantitative estimate of drug-likeness (QED) is 0.168. The van der Waals surface area contributed by atoms with Gasteiger partial charge >= 0.3 is 75.7 Å². The Morgan fingerprint density at radius 3 is 1.33 bits per heavy atom. The predicted octanol–water partition coefficient (Wildman–Crippen LogP) is 22.9. The molecule has 0 nitrogen and oxygen atoms in total. The second-order valence-corrected chi connectivity index (χ2v) is 30.4. The van der Waals surface area contributed by atoms with E-state index in [1.165, 1.54) is 107 Å².